The number of β-amino-alcohol motifs (C(OH)–C–C–N with tert-alkyl or cyclic N) is 1. The fourth-order valence-electron chi connectivity index (χ4n) is 4.68. The van der Waals surface area contributed by atoms with Crippen LogP contribution in [0.5, 0.6) is 0 Å². The number of methoxy groups -OCH3 is 1. The van der Waals surface area contributed by atoms with Crippen molar-refractivity contribution in [3.63, 3.8) is 0 Å². The summed E-state index contributed by atoms with van der Waals surface area (Å²) in [5, 5.41) is 29.5. The molecule has 13 nitrogen and oxygen atoms in total. The van der Waals surface area contributed by atoms with Crippen LogP contribution < -0.4 is 16.0 Å². The number of hydrogen-bond donors (Lipinski definition) is 6. The zero-order valence-corrected chi connectivity index (χ0v) is 22.6. The highest BCUT2D eigenvalue weighted by Gasteiger charge is 2.40. The first-order valence-corrected chi connectivity index (χ1v) is 13.0. The molecule has 2 aromatic heterocycles. The summed E-state index contributed by atoms with van der Waals surface area (Å²) in [6.07, 6.45) is 1.88. The molecule has 0 radical (unpaired) electrons. The monoisotopic (exact) mass is 546 g/mol. The number of likely N-dealkylation sites (N-methyl/N-ethyl adjacent to an activating group) is 1. The van der Waals surface area contributed by atoms with Crippen LogP contribution >= 0.6 is 0 Å². The normalized spacial score (nSPS) is 20.3. The number of carbonyl (C=O) groups is 4. The summed E-state index contributed by atoms with van der Waals surface area (Å²) in [6, 6.07) is -0.281. The van der Waals surface area contributed by atoms with Crippen LogP contribution in [0.15, 0.2) is 18.5 Å². The Kier molecular flexibility index (Phi) is 10.5. The Hall–Kier alpha value is -3.39. The zero-order valence-electron chi connectivity index (χ0n) is 22.6. The number of pyridine rings is 1. The van der Waals surface area contributed by atoms with E-state index in [0.717, 1.165) is 5.56 Å². The molecule has 1 fully saturated rings. The molecule has 0 saturated carbocycles. The van der Waals surface area contributed by atoms with Crippen LogP contribution in [0.4, 0.5) is 5.69 Å². The van der Waals surface area contributed by atoms with E-state index < -0.39 is 42.3 Å². The number of aldehydes is 1. The van der Waals surface area contributed by atoms with Crippen molar-refractivity contribution in [1.82, 2.24) is 25.5 Å². The highest BCUT2D eigenvalue weighted by atomic mass is 16.5. The SMILES string of the molecule is CN[C@@H](C)C(=O)N[C@H](C(=O)N1C[C@@H](O)C[C@H]1Cc1c[nH]c2nccc(NC(=O)C(O)CCC=O)c12)[C@@H](C)OC. The van der Waals surface area contributed by atoms with Crippen molar-refractivity contribution in [3.8, 4) is 0 Å². The van der Waals surface area contributed by atoms with Crippen LogP contribution in [0.3, 0.4) is 0 Å². The molecule has 3 heterocycles. The Labute approximate surface area is 226 Å². The number of H-pyrrole nitrogens is 1. The molecule has 1 unspecified atom stereocenters. The summed E-state index contributed by atoms with van der Waals surface area (Å²) in [6.45, 7) is 3.47. The molecule has 1 aliphatic rings. The van der Waals surface area contributed by atoms with E-state index >= 15 is 0 Å². The van der Waals surface area contributed by atoms with E-state index in [-0.39, 0.29) is 31.2 Å². The number of aromatic amines is 1. The predicted molar refractivity (Wildman–Crippen MR) is 143 cm³/mol. The third-order valence-electron chi connectivity index (χ3n) is 7.14. The number of nitrogens with zero attached hydrogens (tertiary/aromatic N) is 2. The molecule has 0 aromatic carbocycles. The lowest BCUT2D eigenvalue weighted by Gasteiger charge is -2.32. The predicted octanol–water partition coefficient (Wildman–Crippen LogP) is -0.527. The average Bonchev–Trinajstić information content (AvgIpc) is 3.52. The van der Waals surface area contributed by atoms with Crippen LogP contribution in [0.1, 0.15) is 38.7 Å². The Balaban J connectivity index is 1.85. The number of anilines is 1. The van der Waals surface area contributed by atoms with E-state index in [1.807, 2.05) is 0 Å². The quantitative estimate of drug-likeness (QED) is 0.180. The van der Waals surface area contributed by atoms with Gasteiger partial charge in [-0.05, 0) is 51.8 Å². The van der Waals surface area contributed by atoms with E-state index in [0.29, 0.717) is 35.8 Å². The van der Waals surface area contributed by atoms with Gasteiger partial charge < -0.3 is 45.6 Å². The van der Waals surface area contributed by atoms with Gasteiger partial charge in [-0.15, -0.1) is 0 Å². The minimum Gasteiger partial charge on any atom is -0.391 e. The molecule has 0 spiro atoms. The number of amides is 3. The van der Waals surface area contributed by atoms with Gasteiger partial charge in [0.15, 0.2) is 0 Å². The van der Waals surface area contributed by atoms with Crippen LogP contribution in [0.25, 0.3) is 11.0 Å². The second kappa shape index (κ2) is 13.6. The van der Waals surface area contributed by atoms with Gasteiger partial charge in [-0.25, -0.2) is 4.98 Å². The van der Waals surface area contributed by atoms with Gasteiger partial charge in [-0.2, -0.15) is 0 Å². The molecule has 0 aliphatic carbocycles. The Morgan fingerprint density at radius 3 is 2.72 bits per heavy atom. The molecule has 2 aromatic rings. The Morgan fingerprint density at radius 1 is 1.31 bits per heavy atom. The van der Waals surface area contributed by atoms with Crippen LogP contribution in [-0.2, 0) is 30.3 Å². The van der Waals surface area contributed by atoms with Crippen molar-refractivity contribution in [2.45, 2.75) is 76.0 Å². The molecule has 39 heavy (non-hydrogen) atoms. The summed E-state index contributed by atoms with van der Waals surface area (Å²) in [5.41, 5.74) is 1.67. The number of rotatable bonds is 13. The smallest absolute Gasteiger partial charge is 0.253 e. The summed E-state index contributed by atoms with van der Waals surface area (Å²) >= 11 is 0. The third-order valence-corrected chi connectivity index (χ3v) is 7.14. The lowest BCUT2D eigenvalue weighted by molar-refractivity contribution is -0.141. The summed E-state index contributed by atoms with van der Waals surface area (Å²) in [4.78, 5) is 58.3. The van der Waals surface area contributed by atoms with Crippen LogP contribution in [0.2, 0.25) is 0 Å². The topological polar surface area (TPSA) is 186 Å². The molecule has 0 bridgehead atoms. The second-order valence-corrected chi connectivity index (χ2v) is 9.82. The summed E-state index contributed by atoms with van der Waals surface area (Å²) < 4.78 is 5.39. The van der Waals surface area contributed by atoms with Crippen LogP contribution in [0, 0.1) is 0 Å². The lowest BCUT2D eigenvalue weighted by atomic mass is 10.0. The number of aromatic nitrogens is 2. The Bertz CT molecular complexity index is 1170. The minimum absolute atomic E-state index is 0.00524. The fraction of sp³-hybridized carbons (Fsp3) is 0.577. The molecule has 1 saturated heterocycles. The molecular formula is C26H38N6O7. The van der Waals surface area contributed by atoms with E-state index in [4.69, 9.17) is 4.74 Å². The molecule has 214 valence electrons. The maximum absolute atomic E-state index is 13.7. The molecule has 13 heteroatoms. The molecule has 3 rings (SSSR count). The van der Waals surface area contributed by atoms with Crippen molar-refractivity contribution < 1.29 is 34.1 Å². The number of aliphatic hydroxyl groups excluding tert-OH is 2. The van der Waals surface area contributed by atoms with Gasteiger partial charge in [0.2, 0.25) is 11.8 Å². The van der Waals surface area contributed by atoms with Gasteiger partial charge in [0.1, 0.15) is 24.1 Å². The number of fused-ring (bicyclic) bond motifs is 1. The largest absolute Gasteiger partial charge is 0.391 e. The standard InChI is InChI=1S/C26H38N6O7/c1-14(27-3)24(36)31-22(15(2)39-4)26(38)32-13-18(34)11-17(32)10-16-12-29-23-21(16)19(7-8-28-23)30-25(37)20(35)6-5-9-33/h7-9,12,14-15,17-18,20,22,27,34-35H,5-6,10-11,13H2,1-4H3,(H,31,36)(H2,28,29,30,37)/t14-,15+,17+,18-,20?,22-/m0/s1. The molecule has 6 N–H and O–H groups in total. The fourth-order valence-corrected chi connectivity index (χ4v) is 4.68. The number of carbonyl (C=O) groups excluding carboxylic acids is 4. The first-order chi connectivity index (χ1) is 18.6. The second-order valence-electron chi connectivity index (χ2n) is 9.82. The average molecular weight is 547 g/mol. The Morgan fingerprint density at radius 2 is 2.05 bits per heavy atom. The molecule has 3 amide bonds. The number of nitrogens with one attached hydrogen (secondary N) is 4. The molecule has 1 aliphatic heterocycles. The van der Waals surface area contributed by atoms with Crippen molar-refractivity contribution in [2.24, 2.45) is 0 Å². The maximum atomic E-state index is 13.7. The van der Waals surface area contributed by atoms with Gasteiger partial charge in [0, 0.05) is 43.9 Å². The lowest BCUT2D eigenvalue weighted by Crippen LogP contribution is -2.58. The van der Waals surface area contributed by atoms with E-state index in [1.54, 1.807) is 38.1 Å². The number of ether oxygens (including phenoxy) is 1. The number of likely N-dealkylation sites (tertiary alicyclic amines) is 1. The van der Waals surface area contributed by atoms with Crippen molar-refractivity contribution in [1.29, 1.82) is 0 Å². The van der Waals surface area contributed by atoms with Gasteiger partial charge in [-0.1, -0.05) is 0 Å². The van der Waals surface area contributed by atoms with Gasteiger partial charge in [0.05, 0.1) is 23.9 Å². The molecule has 6 atom stereocenters. The third kappa shape index (κ3) is 7.18. The minimum atomic E-state index is -1.35. The summed E-state index contributed by atoms with van der Waals surface area (Å²) in [5.74, 6) is -1.37. The zero-order chi connectivity index (χ0) is 28.7. The highest BCUT2D eigenvalue weighted by Crippen LogP contribution is 2.30. The summed E-state index contributed by atoms with van der Waals surface area (Å²) in [7, 11) is 3.10. The van der Waals surface area contributed by atoms with Crippen molar-refractivity contribution in [3.05, 3.63) is 24.0 Å². The van der Waals surface area contributed by atoms with Crippen LogP contribution in [-0.4, -0.2) is 106 Å². The molecular weight excluding hydrogens is 508 g/mol. The number of hydrogen-bond acceptors (Lipinski definition) is 9. The van der Waals surface area contributed by atoms with Crippen molar-refractivity contribution in [2.75, 3.05) is 26.0 Å². The van der Waals surface area contributed by atoms with E-state index in [1.165, 1.54) is 13.3 Å². The first kappa shape index (κ1) is 30.2. The van der Waals surface area contributed by atoms with Gasteiger partial charge >= 0.3 is 0 Å². The van der Waals surface area contributed by atoms with Gasteiger partial charge in [-0.3, -0.25) is 14.4 Å². The number of aliphatic hydroxyl groups is 2. The van der Waals surface area contributed by atoms with Gasteiger partial charge in [0.25, 0.3) is 5.91 Å². The van der Waals surface area contributed by atoms with E-state index in [2.05, 4.69) is 25.9 Å². The first-order valence-electron chi connectivity index (χ1n) is 13.0. The van der Waals surface area contributed by atoms with E-state index in [9.17, 15) is 29.4 Å². The highest BCUT2D eigenvalue weighted by molar-refractivity contribution is 6.03. The maximum Gasteiger partial charge on any atom is 0.253 e. The van der Waals surface area contributed by atoms with Crippen molar-refractivity contribution >= 4 is 40.7 Å².